The first-order valence-corrected chi connectivity index (χ1v) is 10.1. The van der Waals surface area contributed by atoms with E-state index >= 15 is 0 Å². The van der Waals surface area contributed by atoms with Crippen molar-refractivity contribution in [2.45, 2.75) is 39.4 Å². The standard InChI is InChI=1S/C23H29FN4O.HI/c1-3-25-23(27(2)16-19-10-12-21(24)13-11-19)26-15-18-6-8-20(9-7-18)17-28-14-4-5-22(28)29;/h6-13H,3-5,14-17H2,1-2H3,(H,25,26);1H. The number of halogens is 2. The molecule has 1 aliphatic heterocycles. The van der Waals surface area contributed by atoms with E-state index in [0.717, 1.165) is 42.2 Å². The number of nitrogens with zero attached hydrogens (tertiary/aromatic N) is 3. The predicted molar refractivity (Wildman–Crippen MR) is 129 cm³/mol. The lowest BCUT2D eigenvalue weighted by Crippen LogP contribution is -2.38. The van der Waals surface area contributed by atoms with Crippen molar-refractivity contribution in [2.75, 3.05) is 20.1 Å². The van der Waals surface area contributed by atoms with Crippen LogP contribution in [-0.4, -0.2) is 41.8 Å². The first kappa shape index (κ1) is 24.1. The van der Waals surface area contributed by atoms with Crippen LogP contribution in [0.25, 0.3) is 0 Å². The van der Waals surface area contributed by atoms with E-state index in [1.54, 1.807) is 12.1 Å². The second kappa shape index (κ2) is 11.9. The first-order chi connectivity index (χ1) is 14.0. The second-order valence-electron chi connectivity index (χ2n) is 7.39. The van der Waals surface area contributed by atoms with Crippen LogP contribution in [0.1, 0.15) is 36.5 Å². The Morgan fingerprint density at radius 2 is 1.73 bits per heavy atom. The Bertz CT molecular complexity index is 839. The van der Waals surface area contributed by atoms with E-state index in [2.05, 4.69) is 29.6 Å². The minimum absolute atomic E-state index is 0. The van der Waals surface area contributed by atoms with Gasteiger partial charge in [-0.1, -0.05) is 36.4 Å². The molecule has 2 aromatic carbocycles. The molecule has 0 atom stereocenters. The molecule has 1 aliphatic rings. The molecule has 3 rings (SSSR count). The Morgan fingerprint density at radius 1 is 1.10 bits per heavy atom. The van der Waals surface area contributed by atoms with Crippen LogP contribution < -0.4 is 5.32 Å². The Balaban J connectivity index is 0.00000320. The van der Waals surface area contributed by atoms with Gasteiger partial charge in [0.05, 0.1) is 6.54 Å². The summed E-state index contributed by atoms with van der Waals surface area (Å²) in [5.41, 5.74) is 3.29. The second-order valence-corrected chi connectivity index (χ2v) is 7.39. The van der Waals surface area contributed by atoms with Gasteiger partial charge in [-0.2, -0.15) is 0 Å². The Labute approximate surface area is 195 Å². The van der Waals surface area contributed by atoms with Crippen molar-refractivity contribution in [2.24, 2.45) is 4.99 Å². The zero-order valence-corrected chi connectivity index (χ0v) is 19.9. The van der Waals surface area contributed by atoms with Gasteiger partial charge < -0.3 is 15.1 Å². The van der Waals surface area contributed by atoms with Gasteiger partial charge in [0, 0.05) is 39.6 Å². The molecular formula is C23H30FIN4O. The molecule has 1 amide bonds. The molecule has 1 N–H and O–H groups in total. The Hall–Kier alpha value is -2.16. The van der Waals surface area contributed by atoms with Crippen LogP contribution in [0.4, 0.5) is 4.39 Å². The average molecular weight is 524 g/mol. The maximum atomic E-state index is 13.1. The minimum Gasteiger partial charge on any atom is -0.357 e. The van der Waals surface area contributed by atoms with Crippen molar-refractivity contribution in [1.29, 1.82) is 0 Å². The number of benzene rings is 2. The summed E-state index contributed by atoms with van der Waals surface area (Å²) in [6.45, 7) is 5.57. The lowest BCUT2D eigenvalue weighted by atomic mass is 10.1. The summed E-state index contributed by atoms with van der Waals surface area (Å²) in [6, 6.07) is 14.8. The van der Waals surface area contributed by atoms with Crippen molar-refractivity contribution in [3.8, 4) is 0 Å². The normalized spacial score (nSPS) is 13.9. The smallest absolute Gasteiger partial charge is 0.222 e. The largest absolute Gasteiger partial charge is 0.357 e. The van der Waals surface area contributed by atoms with Crippen molar-refractivity contribution in [3.05, 3.63) is 71.0 Å². The van der Waals surface area contributed by atoms with Crippen LogP contribution in [0.3, 0.4) is 0 Å². The number of guanidine groups is 1. The third-order valence-electron chi connectivity index (χ3n) is 5.01. The summed E-state index contributed by atoms with van der Waals surface area (Å²) in [6.07, 6.45) is 1.63. The number of hydrogen-bond donors (Lipinski definition) is 1. The van der Waals surface area contributed by atoms with Crippen molar-refractivity contribution >= 4 is 35.8 Å². The van der Waals surface area contributed by atoms with E-state index in [9.17, 15) is 9.18 Å². The van der Waals surface area contributed by atoms with Gasteiger partial charge >= 0.3 is 0 Å². The van der Waals surface area contributed by atoms with Crippen molar-refractivity contribution in [1.82, 2.24) is 15.1 Å². The quantitative estimate of drug-likeness (QED) is 0.336. The van der Waals surface area contributed by atoms with E-state index < -0.39 is 0 Å². The summed E-state index contributed by atoms with van der Waals surface area (Å²) in [5, 5.41) is 3.31. The van der Waals surface area contributed by atoms with Crippen LogP contribution in [0.2, 0.25) is 0 Å². The van der Waals surface area contributed by atoms with Gasteiger partial charge in [-0.25, -0.2) is 9.38 Å². The van der Waals surface area contributed by atoms with Gasteiger partial charge in [-0.05, 0) is 42.2 Å². The molecule has 1 heterocycles. The van der Waals surface area contributed by atoms with Crippen LogP contribution in [0.5, 0.6) is 0 Å². The van der Waals surface area contributed by atoms with Crippen molar-refractivity contribution < 1.29 is 9.18 Å². The summed E-state index contributed by atoms with van der Waals surface area (Å²) >= 11 is 0. The summed E-state index contributed by atoms with van der Waals surface area (Å²) in [5.74, 6) is 0.830. The monoisotopic (exact) mass is 524 g/mol. The fraction of sp³-hybridized carbons (Fsp3) is 0.391. The van der Waals surface area contributed by atoms with Crippen LogP contribution in [0, 0.1) is 5.82 Å². The molecule has 1 fully saturated rings. The molecular weight excluding hydrogens is 494 g/mol. The molecule has 0 unspecified atom stereocenters. The Morgan fingerprint density at radius 3 is 2.33 bits per heavy atom. The van der Waals surface area contributed by atoms with Gasteiger partial charge in [-0.3, -0.25) is 4.79 Å². The van der Waals surface area contributed by atoms with Crippen LogP contribution in [-0.2, 0) is 24.4 Å². The molecule has 7 heteroatoms. The molecule has 0 spiro atoms. The van der Waals surface area contributed by atoms with Gasteiger partial charge in [0.1, 0.15) is 5.82 Å². The molecule has 1 saturated heterocycles. The summed E-state index contributed by atoms with van der Waals surface area (Å²) < 4.78 is 13.1. The highest BCUT2D eigenvalue weighted by Gasteiger charge is 2.19. The van der Waals surface area contributed by atoms with Gasteiger partial charge in [0.2, 0.25) is 5.91 Å². The first-order valence-electron chi connectivity index (χ1n) is 10.1. The van der Waals surface area contributed by atoms with E-state index in [1.807, 2.05) is 23.8 Å². The minimum atomic E-state index is -0.227. The number of hydrogen-bond acceptors (Lipinski definition) is 2. The number of nitrogens with one attached hydrogen (secondary N) is 1. The number of carbonyl (C=O) groups is 1. The lowest BCUT2D eigenvalue weighted by molar-refractivity contribution is -0.128. The number of rotatable bonds is 7. The van der Waals surface area contributed by atoms with Gasteiger partial charge in [0.25, 0.3) is 0 Å². The zero-order chi connectivity index (χ0) is 20.6. The molecule has 5 nitrogen and oxygen atoms in total. The summed E-state index contributed by atoms with van der Waals surface area (Å²) in [4.78, 5) is 20.5. The molecule has 30 heavy (non-hydrogen) atoms. The molecule has 0 aromatic heterocycles. The van der Waals surface area contributed by atoms with Crippen LogP contribution in [0.15, 0.2) is 53.5 Å². The van der Waals surface area contributed by atoms with E-state index in [4.69, 9.17) is 4.99 Å². The maximum Gasteiger partial charge on any atom is 0.222 e. The number of carbonyl (C=O) groups excluding carboxylic acids is 1. The highest BCUT2D eigenvalue weighted by molar-refractivity contribution is 14.0. The van der Waals surface area contributed by atoms with E-state index in [-0.39, 0.29) is 35.7 Å². The maximum absolute atomic E-state index is 13.1. The topological polar surface area (TPSA) is 47.9 Å². The van der Waals surface area contributed by atoms with Crippen molar-refractivity contribution in [3.63, 3.8) is 0 Å². The third-order valence-corrected chi connectivity index (χ3v) is 5.01. The van der Waals surface area contributed by atoms with E-state index in [1.165, 1.54) is 12.1 Å². The average Bonchev–Trinajstić information content (AvgIpc) is 3.12. The van der Waals surface area contributed by atoms with Gasteiger partial charge in [-0.15, -0.1) is 24.0 Å². The van der Waals surface area contributed by atoms with Crippen LogP contribution >= 0.6 is 24.0 Å². The Kier molecular flexibility index (Phi) is 9.55. The SMILES string of the molecule is CCNC(=NCc1ccc(CN2CCCC2=O)cc1)N(C)Cc1ccc(F)cc1.I. The molecule has 2 aromatic rings. The number of aliphatic imine (C=N–C) groups is 1. The summed E-state index contributed by atoms with van der Waals surface area (Å²) in [7, 11) is 1.97. The number of likely N-dealkylation sites (tertiary alicyclic amines) is 1. The fourth-order valence-corrected chi connectivity index (χ4v) is 3.42. The molecule has 0 saturated carbocycles. The predicted octanol–water partition coefficient (Wildman–Crippen LogP) is 4.16. The highest BCUT2D eigenvalue weighted by Crippen LogP contribution is 2.15. The van der Waals surface area contributed by atoms with E-state index in [0.29, 0.717) is 26.1 Å². The molecule has 162 valence electrons. The third kappa shape index (κ3) is 6.97. The molecule has 0 radical (unpaired) electrons. The number of amides is 1. The highest BCUT2D eigenvalue weighted by atomic mass is 127. The lowest BCUT2D eigenvalue weighted by Gasteiger charge is -2.22. The van der Waals surface area contributed by atoms with Gasteiger partial charge in [0.15, 0.2) is 5.96 Å². The fourth-order valence-electron chi connectivity index (χ4n) is 3.42. The molecule has 0 bridgehead atoms. The molecule has 0 aliphatic carbocycles. The zero-order valence-electron chi connectivity index (χ0n) is 17.6.